The number of ether oxygens (including phenoxy) is 1. The predicted molar refractivity (Wildman–Crippen MR) is 133 cm³/mol. The van der Waals surface area contributed by atoms with Gasteiger partial charge in [0.2, 0.25) is 0 Å². The molecule has 0 saturated heterocycles. The molecule has 0 aliphatic heterocycles. The van der Waals surface area contributed by atoms with E-state index >= 15 is 0 Å². The number of nitrogens with zero attached hydrogens (tertiary/aromatic N) is 7. The Kier molecular flexibility index (Phi) is 6.03. The molecule has 5 aromatic heterocycles. The largest absolute Gasteiger partial charge is 0.392 e. The summed E-state index contributed by atoms with van der Waals surface area (Å²) in [6.07, 6.45) is 9.57. The van der Waals surface area contributed by atoms with Gasteiger partial charge < -0.3 is 18.8 Å². The smallest absolute Gasteiger partial charge is 0.141 e. The molecule has 0 aliphatic carbocycles. The Morgan fingerprint density at radius 3 is 2.79 bits per heavy atom. The van der Waals surface area contributed by atoms with Crippen LogP contribution in [0.15, 0.2) is 55.2 Å². The zero-order chi connectivity index (χ0) is 23.7. The van der Waals surface area contributed by atoms with E-state index in [1.807, 2.05) is 52.1 Å². The van der Waals surface area contributed by atoms with Crippen LogP contribution in [0.2, 0.25) is 25.7 Å². The lowest BCUT2D eigenvalue weighted by Crippen LogP contribution is -2.22. The molecule has 34 heavy (non-hydrogen) atoms. The van der Waals surface area contributed by atoms with Crippen molar-refractivity contribution in [3.63, 3.8) is 0 Å². The fourth-order valence-corrected chi connectivity index (χ4v) is 4.55. The molecule has 0 unspecified atom stereocenters. The summed E-state index contributed by atoms with van der Waals surface area (Å²) in [5.74, 6) is 0. The van der Waals surface area contributed by atoms with Crippen molar-refractivity contribution >= 4 is 24.8 Å². The van der Waals surface area contributed by atoms with Gasteiger partial charge in [-0.2, -0.15) is 0 Å². The van der Waals surface area contributed by atoms with Gasteiger partial charge in [0.25, 0.3) is 0 Å². The van der Waals surface area contributed by atoms with Crippen molar-refractivity contribution < 1.29 is 9.84 Å². The summed E-state index contributed by atoms with van der Waals surface area (Å²) in [5, 5.41) is 19.0. The first kappa shape index (κ1) is 22.4. The number of fused-ring (bicyclic) bond motifs is 2. The molecular formula is C24H29N7O2Si. The van der Waals surface area contributed by atoms with Crippen molar-refractivity contribution in [3.05, 3.63) is 66.5 Å². The number of pyridine rings is 2. The maximum absolute atomic E-state index is 9.32. The van der Waals surface area contributed by atoms with Crippen LogP contribution in [0, 0.1) is 0 Å². The molecule has 5 rings (SSSR count). The highest BCUT2D eigenvalue weighted by Crippen LogP contribution is 2.22. The molecule has 0 amide bonds. The third-order valence-electron chi connectivity index (χ3n) is 5.73. The summed E-state index contributed by atoms with van der Waals surface area (Å²) in [7, 11) is -1.09. The molecular weight excluding hydrogens is 446 g/mol. The Labute approximate surface area is 198 Å². The molecule has 1 N–H and O–H groups in total. The minimum absolute atomic E-state index is 0.00325. The summed E-state index contributed by atoms with van der Waals surface area (Å²) in [5.41, 5.74) is 5.12. The number of hydrogen-bond donors (Lipinski definition) is 1. The fraction of sp³-hybridized carbons (Fsp3) is 0.333. The van der Waals surface area contributed by atoms with Gasteiger partial charge in [-0.3, -0.25) is 0 Å². The number of rotatable bonds is 9. The number of aliphatic hydroxyl groups is 1. The van der Waals surface area contributed by atoms with Crippen LogP contribution in [0.3, 0.4) is 0 Å². The number of aromatic nitrogens is 7. The lowest BCUT2D eigenvalue weighted by molar-refractivity contribution is 0.0899. The Morgan fingerprint density at radius 1 is 1.09 bits per heavy atom. The fourth-order valence-electron chi connectivity index (χ4n) is 3.80. The van der Waals surface area contributed by atoms with Crippen molar-refractivity contribution in [2.75, 3.05) is 6.61 Å². The summed E-state index contributed by atoms with van der Waals surface area (Å²) >= 11 is 0. The van der Waals surface area contributed by atoms with E-state index in [0.29, 0.717) is 13.3 Å². The van der Waals surface area contributed by atoms with Crippen molar-refractivity contribution in [3.8, 4) is 11.3 Å². The normalized spacial score (nSPS) is 12.2. The van der Waals surface area contributed by atoms with Crippen molar-refractivity contribution in [2.24, 2.45) is 0 Å². The predicted octanol–water partition coefficient (Wildman–Crippen LogP) is 3.80. The molecule has 5 aromatic rings. The van der Waals surface area contributed by atoms with Crippen molar-refractivity contribution in [1.29, 1.82) is 0 Å². The zero-order valence-electron chi connectivity index (χ0n) is 19.7. The molecule has 176 valence electrons. The Bertz CT molecular complexity index is 1430. The third kappa shape index (κ3) is 4.93. The van der Waals surface area contributed by atoms with E-state index in [1.165, 1.54) is 0 Å². The molecule has 5 heterocycles. The van der Waals surface area contributed by atoms with Gasteiger partial charge >= 0.3 is 0 Å². The molecule has 10 heteroatoms. The Hall–Kier alpha value is -3.34. The number of imidazole rings is 1. The second-order valence-corrected chi connectivity index (χ2v) is 15.4. The SMILES string of the molecule is C[Si](C)(C)CCOCn1ccc2cc(-c3cn(Cc4cn5cc(CO)ccc5n4)nn3)cnc21. The minimum atomic E-state index is -1.09. The highest BCUT2D eigenvalue weighted by Gasteiger charge is 2.13. The first-order valence-corrected chi connectivity index (χ1v) is 15.1. The van der Waals surface area contributed by atoms with Gasteiger partial charge in [0.15, 0.2) is 0 Å². The zero-order valence-corrected chi connectivity index (χ0v) is 20.7. The molecule has 0 aliphatic rings. The summed E-state index contributed by atoms with van der Waals surface area (Å²) in [4.78, 5) is 9.28. The van der Waals surface area contributed by atoms with Gasteiger partial charge in [0, 0.05) is 50.4 Å². The quantitative estimate of drug-likeness (QED) is 0.257. The third-order valence-corrected chi connectivity index (χ3v) is 7.44. The van der Waals surface area contributed by atoms with E-state index in [4.69, 9.17) is 4.74 Å². The van der Waals surface area contributed by atoms with Crippen LogP contribution in [0.5, 0.6) is 0 Å². The monoisotopic (exact) mass is 475 g/mol. The van der Waals surface area contributed by atoms with E-state index in [9.17, 15) is 5.11 Å². The average molecular weight is 476 g/mol. The number of aliphatic hydroxyl groups excluding tert-OH is 1. The van der Waals surface area contributed by atoms with Gasteiger partial charge in [0.05, 0.1) is 25.0 Å². The van der Waals surface area contributed by atoms with Crippen LogP contribution in [-0.2, 0) is 24.6 Å². The topological polar surface area (TPSA) is 95.3 Å². The Morgan fingerprint density at radius 2 is 1.97 bits per heavy atom. The number of hydrogen-bond acceptors (Lipinski definition) is 6. The van der Waals surface area contributed by atoms with E-state index in [0.717, 1.165) is 51.8 Å². The van der Waals surface area contributed by atoms with Crippen molar-refractivity contribution in [2.45, 2.75) is 45.6 Å². The second kappa shape index (κ2) is 9.13. The highest BCUT2D eigenvalue weighted by molar-refractivity contribution is 6.76. The molecule has 0 aromatic carbocycles. The molecule has 0 radical (unpaired) electrons. The van der Waals surface area contributed by atoms with Gasteiger partial charge in [0.1, 0.15) is 23.7 Å². The summed E-state index contributed by atoms with van der Waals surface area (Å²) in [6.45, 7) is 8.86. The first-order valence-electron chi connectivity index (χ1n) is 11.4. The highest BCUT2D eigenvalue weighted by atomic mass is 28.3. The maximum atomic E-state index is 9.32. The van der Waals surface area contributed by atoms with Crippen LogP contribution < -0.4 is 0 Å². The molecule has 0 spiro atoms. The molecule has 0 atom stereocenters. The van der Waals surface area contributed by atoms with Gasteiger partial charge in [-0.1, -0.05) is 30.9 Å². The molecule has 9 nitrogen and oxygen atoms in total. The molecule has 0 saturated carbocycles. The lowest BCUT2D eigenvalue weighted by Gasteiger charge is -2.15. The van der Waals surface area contributed by atoms with E-state index in [2.05, 4.69) is 52.1 Å². The van der Waals surface area contributed by atoms with E-state index in [1.54, 1.807) is 4.68 Å². The van der Waals surface area contributed by atoms with Gasteiger partial charge in [-0.15, -0.1) is 5.10 Å². The van der Waals surface area contributed by atoms with Crippen LogP contribution in [0.1, 0.15) is 11.3 Å². The van der Waals surface area contributed by atoms with Crippen LogP contribution in [0.25, 0.3) is 27.9 Å². The van der Waals surface area contributed by atoms with Gasteiger partial charge in [-0.05, 0) is 29.8 Å². The summed E-state index contributed by atoms with van der Waals surface area (Å²) in [6, 6.07) is 9.05. The minimum Gasteiger partial charge on any atom is -0.392 e. The van der Waals surface area contributed by atoms with Gasteiger partial charge in [-0.25, -0.2) is 14.6 Å². The van der Waals surface area contributed by atoms with Crippen LogP contribution >= 0.6 is 0 Å². The van der Waals surface area contributed by atoms with Crippen molar-refractivity contribution in [1.82, 2.24) is 33.9 Å². The summed E-state index contributed by atoms with van der Waals surface area (Å²) < 4.78 is 11.6. The van der Waals surface area contributed by atoms with Crippen LogP contribution in [-0.4, -0.2) is 53.7 Å². The first-order chi connectivity index (χ1) is 16.4. The Balaban J connectivity index is 1.28. The maximum Gasteiger partial charge on any atom is 0.141 e. The molecule has 0 bridgehead atoms. The van der Waals surface area contributed by atoms with Crippen LogP contribution in [0.4, 0.5) is 0 Å². The second-order valence-electron chi connectivity index (χ2n) is 9.76. The van der Waals surface area contributed by atoms with E-state index in [-0.39, 0.29) is 6.61 Å². The molecule has 0 fully saturated rings. The lowest BCUT2D eigenvalue weighted by atomic mass is 10.2. The van der Waals surface area contributed by atoms with E-state index < -0.39 is 8.07 Å². The average Bonchev–Trinajstić information content (AvgIpc) is 3.53. The standard InChI is InChI=1S/C24H29N7O2Si/c1-34(2,3)9-8-33-17-29-7-6-19-10-20(11-25-24(19)29)22-15-31(28-27-22)14-21-13-30-12-18(16-32)4-5-23(30)26-21/h4-7,10-13,15,32H,8-9,14,16-17H2,1-3H3.